The minimum Gasteiger partial charge on any atom is -0.490 e. The average molecular weight is 401 g/mol. The minimum absolute atomic E-state index is 0.0492. The van der Waals surface area contributed by atoms with Crippen LogP contribution in [0.5, 0.6) is 11.5 Å². The molecule has 6 nitrogen and oxygen atoms in total. The van der Waals surface area contributed by atoms with E-state index in [4.69, 9.17) is 9.47 Å². The van der Waals surface area contributed by atoms with E-state index in [1.54, 1.807) is 32.2 Å². The predicted octanol–water partition coefficient (Wildman–Crippen LogP) is 3.47. The first-order valence-electron chi connectivity index (χ1n) is 9.69. The maximum Gasteiger partial charge on any atom is 0.387 e. The molecule has 0 spiro atoms. The molecule has 0 heterocycles. The number of halogens is 2. The number of ether oxygens (including phenoxy) is 2. The molecule has 0 aromatic heterocycles. The monoisotopic (exact) mass is 400 g/mol. The molecule has 1 aromatic rings. The molecule has 0 saturated carbocycles. The van der Waals surface area contributed by atoms with E-state index in [2.05, 4.69) is 48.2 Å². The first kappa shape index (κ1) is 23.9. The van der Waals surface area contributed by atoms with Gasteiger partial charge in [0.25, 0.3) is 0 Å². The zero-order valence-electron chi connectivity index (χ0n) is 17.8. The number of hydrogen-bond donors (Lipinski definition) is 2. The summed E-state index contributed by atoms with van der Waals surface area (Å²) in [6.45, 7) is 9.78. The van der Waals surface area contributed by atoms with Gasteiger partial charge < -0.3 is 20.1 Å². The van der Waals surface area contributed by atoms with Crippen molar-refractivity contribution in [1.82, 2.24) is 15.5 Å². The number of para-hydroxylation sites is 1. The Labute approximate surface area is 167 Å². The fraction of sp³-hybridized carbons (Fsp3) is 0.650. The van der Waals surface area contributed by atoms with Gasteiger partial charge in [-0.1, -0.05) is 12.1 Å². The standard InChI is InChI=1S/C20H34F2N4O2/c1-7-27-17-10-8-9-16(18(17)28-19(21)22)13-25-20(23-6)24-11-12-26(14(2)3)15(4)5/h8-10,14-15,19H,7,11-13H2,1-6H3,(H2,23,24,25). The molecule has 1 aromatic carbocycles. The maximum absolute atomic E-state index is 12.8. The SMILES string of the molecule is CCOc1cccc(CNC(=NC)NCCN(C(C)C)C(C)C)c1OC(F)F. The van der Waals surface area contributed by atoms with Crippen molar-refractivity contribution in [3.8, 4) is 11.5 Å². The summed E-state index contributed by atoms with van der Waals surface area (Å²) in [7, 11) is 1.67. The first-order valence-corrected chi connectivity index (χ1v) is 9.69. The van der Waals surface area contributed by atoms with Gasteiger partial charge in [0.15, 0.2) is 17.5 Å². The number of benzene rings is 1. The number of nitrogens with zero attached hydrogens (tertiary/aromatic N) is 2. The Kier molecular flexibility index (Phi) is 10.6. The van der Waals surface area contributed by atoms with Crippen molar-refractivity contribution in [2.24, 2.45) is 4.99 Å². The summed E-state index contributed by atoms with van der Waals surface area (Å²) in [5.74, 6) is 0.944. The van der Waals surface area contributed by atoms with E-state index >= 15 is 0 Å². The second-order valence-electron chi connectivity index (χ2n) is 6.83. The van der Waals surface area contributed by atoms with Gasteiger partial charge >= 0.3 is 6.61 Å². The van der Waals surface area contributed by atoms with E-state index < -0.39 is 6.61 Å². The molecule has 2 N–H and O–H groups in total. The summed E-state index contributed by atoms with van der Waals surface area (Å²) in [6.07, 6.45) is 0. The lowest BCUT2D eigenvalue weighted by Crippen LogP contribution is -2.45. The van der Waals surface area contributed by atoms with Gasteiger partial charge in [-0.15, -0.1) is 0 Å². The van der Waals surface area contributed by atoms with Gasteiger partial charge in [0.1, 0.15) is 0 Å². The number of hydrogen-bond acceptors (Lipinski definition) is 4. The maximum atomic E-state index is 12.8. The Hall–Kier alpha value is -2.09. The molecule has 0 saturated heterocycles. The van der Waals surface area contributed by atoms with Crippen molar-refractivity contribution in [3.05, 3.63) is 23.8 Å². The van der Waals surface area contributed by atoms with Crippen LogP contribution in [0.2, 0.25) is 0 Å². The van der Waals surface area contributed by atoms with E-state index in [9.17, 15) is 8.78 Å². The van der Waals surface area contributed by atoms with Crippen molar-refractivity contribution in [3.63, 3.8) is 0 Å². The highest BCUT2D eigenvalue weighted by atomic mass is 19.3. The summed E-state index contributed by atoms with van der Waals surface area (Å²) in [6, 6.07) is 5.99. The number of guanidine groups is 1. The molecule has 0 radical (unpaired) electrons. The Morgan fingerprint density at radius 2 is 1.82 bits per heavy atom. The van der Waals surface area contributed by atoms with Crippen LogP contribution in [0, 0.1) is 0 Å². The van der Waals surface area contributed by atoms with Gasteiger partial charge in [-0.2, -0.15) is 8.78 Å². The van der Waals surface area contributed by atoms with Crippen LogP contribution < -0.4 is 20.1 Å². The third-order valence-electron chi connectivity index (χ3n) is 4.23. The van der Waals surface area contributed by atoms with Crippen LogP contribution in [0.1, 0.15) is 40.2 Å². The Balaban J connectivity index is 2.71. The smallest absolute Gasteiger partial charge is 0.387 e. The average Bonchev–Trinajstić information content (AvgIpc) is 2.62. The molecule has 0 bridgehead atoms. The number of rotatable bonds is 11. The molecule has 0 fully saturated rings. The summed E-state index contributed by atoms with van der Waals surface area (Å²) < 4.78 is 35.7. The molecule has 28 heavy (non-hydrogen) atoms. The van der Waals surface area contributed by atoms with E-state index in [0.29, 0.717) is 36.0 Å². The zero-order valence-corrected chi connectivity index (χ0v) is 17.8. The molecular formula is C20H34F2N4O2. The van der Waals surface area contributed by atoms with Crippen molar-refractivity contribution in [2.45, 2.75) is 59.9 Å². The van der Waals surface area contributed by atoms with Crippen molar-refractivity contribution < 1.29 is 18.3 Å². The normalized spacial score (nSPS) is 12.2. The van der Waals surface area contributed by atoms with Crippen LogP contribution in [0.3, 0.4) is 0 Å². The minimum atomic E-state index is -2.92. The van der Waals surface area contributed by atoms with Crippen LogP contribution in [0.4, 0.5) is 8.78 Å². The molecule has 0 aliphatic heterocycles. The van der Waals surface area contributed by atoms with E-state index in [-0.39, 0.29) is 12.3 Å². The highest BCUT2D eigenvalue weighted by molar-refractivity contribution is 5.79. The van der Waals surface area contributed by atoms with Gasteiger partial charge in [0, 0.05) is 44.3 Å². The summed E-state index contributed by atoms with van der Waals surface area (Å²) in [4.78, 5) is 6.57. The number of aliphatic imine (C=N–C) groups is 1. The Morgan fingerprint density at radius 1 is 1.14 bits per heavy atom. The molecule has 1 rings (SSSR count). The number of alkyl halides is 2. The molecule has 0 unspecified atom stereocenters. The van der Waals surface area contributed by atoms with Crippen molar-refractivity contribution in [2.75, 3.05) is 26.7 Å². The van der Waals surface area contributed by atoms with Crippen LogP contribution >= 0.6 is 0 Å². The number of nitrogens with one attached hydrogen (secondary N) is 2. The van der Waals surface area contributed by atoms with E-state index in [1.807, 2.05) is 0 Å². The summed E-state index contributed by atoms with van der Waals surface area (Å²) in [5, 5.41) is 6.40. The van der Waals surface area contributed by atoms with Crippen molar-refractivity contribution in [1.29, 1.82) is 0 Å². The summed E-state index contributed by atoms with van der Waals surface area (Å²) in [5.41, 5.74) is 0.570. The van der Waals surface area contributed by atoms with Gasteiger partial charge in [-0.05, 0) is 40.7 Å². The molecule has 160 valence electrons. The lowest BCUT2D eigenvalue weighted by atomic mass is 10.2. The van der Waals surface area contributed by atoms with Crippen LogP contribution in [0.25, 0.3) is 0 Å². The Morgan fingerprint density at radius 3 is 2.36 bits per heavy atom. The molecule has 0 atom stereocenters. The van der Waals surface area contributed by atoms with Gasteiger partial charge in [-0.3, -0.25) is 9.89 Å². The fourth-order valence-corrected chi connectivity index (χ4v) is 3.01. The third kappa shape index (κ3) is 7.88. The highest BCUT2D eigenvalue weighted by Gasteiger charge is 2.16. The second kappa shape index (κ2) is 12.4. The molecule has 0 amide bonds. The largest absolute Gasteiger partial charge is 0.490 e. The van der Waals surface area contributed by atoms with Gasteiger partial charge in [0.05, 0.1) is 6.61 Å². The highest BCUT2D eigenvalue weighted by Crippen LogP contribution is 2.32. The zero-order chi connectivity index (χ0) is 21.1. The Bertz CT molecular complexity index is 602. The topological polar surface area (TPSA) is 58.1 Å². The fourth-order valence-electron chi connectivity index (χ4n) is 3.01. The van der Waals surface area contributed by atoms with Crippen LogP contribution in [-0.2, 0) is 6.54 Å². The molecule has 0 aliphatic rings. The van der Waals surface area contributed by atoms with Crippen LogP contribution in [-0.4, -0.2) is 56.3 Å². The van der Waals surface area contributed by atoms with E-state index in [0.717, 1.165) is 13.1 Å². The van der Waals surface area contributed by atoms with E-state index in [1.165, 1.54) is 0 Å². The lowest BCUT2D eigenvalue weighted by molar-refractivity contribution is -0.0520. The molecule has 8 heteroatoms. The first-order chi connectivity index (χ1) is 13.3. The third-order valence-corrected chi connectivity index (χ3v) is 4.23. The quantitative estimate of drug-likeness (QED) is 0.440. The molecule has 0 aliphatic carbocycles. The van der Waals surface area contributed by atoms with Gasteiger partial charge in [0.2, 0.25) is 0 Å². The van der Waals surface area contributed by atoms with Gasteiger partial charge in [-0.25, -0.2) is 0 Å². The molecular weight excluding hydrogens is 366 g/mol. The second-order valence-corrected chi connectivity index (χ2v) is 6.83. The predicted molar refractivity (Wildman–Crippen MR) is 109 cm³/mol. The lowest BCUT2D eigenvalue weighted by Gasteiger charge is -2.30. The van der Waals surface area contributed by atoms with Crippen LogP contribution in [0.15, 0.2) is 23.2 Å². The summed E-state index contributed by atoms with van der Waals surface area (Å²) >= 11 is 0. The van der Waals surface area contributed by atoms with Crippen molar-refractivity contribution >= 4 is 5.96 Å².